The first kappa shape index (κ1) is 15.2. The molecule has 108 valence electrons. The van der Waals surface area contributed by atoms with Gasteiger partial charge in [0, 0.05) is 29.5 Å². The minimum atomic E-state index is -0.504. The van der Waals surface area contributed by atoms with Crippen LogP contribution in [0.15, 0.2) is 47.2 Å². The first-order valence-electron chi connectivity index (χ1n) is 6.74. The van der Waals surface area contributed by atoms with Crippen LogP contribution in [0.5, 0.6) is 0 Å². The minimum absolute atomic E-state index is 0.222. The van der Waals surface area contributed by atoms with Gasteiger partial charge in [-0.1, -0.05) is 28.1 Å². The molecule has 5 heteroatoms. The first-order valence-corrected chi connectivity index (χ1v) is 7.53. The minimum Gasteiger partial charge on any atom is -0.387 e. The fourth-order valence-corrected chi connectivity index (χ4v) is 2.29. The number of aliphatic hydroxyl groups is 1. The Morgan fingerprint density at radius 1 is 1.30 bits per heavy atom. The van der Waals surface area contributed by atoms with Gasteiger partial charge in [-0.25, -0.2) is 0 Å². The third kappa shape index (κ3) is 3.91. The van der Waals surface area contributed by atoms with Gasteiger partial charge >= 0.3 is 0 Å². The molecule has 2 aromatic rings. The molecular formula is C15H20BrN3O. The van der Waals surface area contributed by atoms with Crippen LogP contribution in [0.4, 0.5) is 0 Å². The lowest BCUT2D eigenvalue weighted by atomic mass is 10.1. The van der Waals surface area contributed by atoms with E-state index in [0.717, 1.165) is 10.0 Å². The lowest BCUT2D eigenvalue weighted by Crippen LogP contribution is -2.36. The average molecular weight is 338 g/mol. The monoisotopic (exact) mass is 337 g/mol. The molecule has 2 rings (SSSR count). The maximum Gasteiger partial charge on any atom is 0.0914 e. The Balaban J connectivity index is 1.86. The summed E-state index contributed by atoms with van der Waals surface area (Å²) in [5.41, 5.74) is 0.916. The van der Waals surface area contributed by atoms with Gasteiger partial charge in [0.15, 0.2) is 0 Å². The molecule has 0 amide bonds. The molecule has 0 spiro atoms. The molecule has 0 fully saturated rings. The highest BCUT2D eigenvalue weighted by atomic mass is 79.9. The number of aromatic nitrogens is 2. The van der Waals surface area contributed by atoms with E-state index in [1.165, 1.54) is 0 Å². The van der Waals surface area contributed by atoms with Crippen LogP contribution in [0.25, 0.3) is 0 Å². The van der Waals surface area contributed by atoms with Crippen LogP contribution in [0.2, 0.25) is 0 Å². The summed E-state index contributed by atoms with van der Waals surface area (Å²) in [5, 5.41) is 17.8. The average Bonchev–Trinajstić information content (AvgIpc) is 2.98. The van der Waals surface area contributed by atoms with E-state index in [0.29, 0.717) is 6.54 Å². The second-order valence-electron chi connectivity index (χ2n) is 4.99. The number of halogens is 1. The molecule has 0 radical (unpaired) electrons. The fourth-order valence-electron chi connectivity index (χ4n) is 2.02. The highest BCUT2D eigenvalue weighted by molar-refractivity contribution is 9.10. The number of benzene rings is 1. The van der Waals surface area contributed by atoms with E-state index in [1.807, 2.05) is 41.2 Å². The summed E-state index contributed by atoms with van der Waals surface area (Å²) in [4.78, 5) is 0. The number of rotatable bonds is 6. The molecule has 0 aliphatic carbocycles. The predicted octanol–water partition coefficient (Wildman–Crippen LogP) is 2.92. The van der Waals surface area contributed by atoms with Crippen molar-refractivity contribution in [3.63, 3.8) is 0 Å². The lowest BCUT2D eigenvalue weighted by molar-refractivity contribution is 0.166. The molecule has 0 aliphatic rings. The Morgan fingerprint density at radius 3 is 2.60 bits per heavy atom. The van der Waals surface area contributed by atoms with Crippen molar-refractivity contribution in [1.29, 1.82) is 0 Å². The number of hydrogen-bond donors (Lipinski definition) is 2. The summed E-state index contributed by atoms with van der Waals surface area (Å²) in [7, 11) is 0. The quantitative estimate of drug-likeness (QED) is 0.852. The van der Waals surface area contributed by atoms with Crippen LogP contribution in [-0.2, 0) is 0 Å². The zero-order valence-corrected chi connectivity index (χ0v) is 13.3. The summed E-state index contributed by atoms with van der Waals surface area (Å²) >= 11 is 3.39. The van der Waals surface area contributed by atoms with Crippen LogP contribution in [-0.4, -0.2) is 27.5 Å². The zero-order valence-electron chi connectivity index (χ0n) is 11.7. The van der Waals surface area contributed by atoms with E-state index in [1.54, 1.807) is 6.20 Å². The van der Waals surface area contributed by atoms with Gasteiger partial charge in [-0.2, -0.15) is 5.10 Å². The van der Waals surface area contributed by atoms with Crippen molar-refractivity contribution in [2.24, 2.45) is 0 Å². The molecular weight excluding hydrogens is 318 g/mol. The van der Waals surface area contributed by atoms with Crippen molar-refractivity contribution in [1.82, 2.24) is 15.1 Å². The van der Waals surface area contributed by atoms with Gasteiger partial charge in [-0.15, -0.1) is 0 Å². The third-order valence-corrected chi connectivity index (χ3v) is 4.08. The lowest BCUT2D eigenvalue weighted by Gasteiger charge is -2.23. The summed E-state index contributed by atoms with van der Waals surface area (Å²) < 4.78 is 2.94. The molecule has 20 heavy (non-hydrogen) atoms. The fraction of sp³-hybridized carbons (Fsp3) is 0.400. The summed E-state index contributed by atoms with van der Waals surface area (Å²) in [6.07, 6.45) is 3.23. The van der Waals surface area contributed by atoms with Crippen molar-refractivity contribution in [2.45, 2.75) is 32.0 Å². The Bertz CT molecular complexity index is 512. The van der Waals surface area contributed by atoms with Crippen molar-refractivity contribution < 1.29 is 5.11 Å². The topological polar surface area (TPSA) is 50.1 Å². The molecule has 1 aromatic heterocycles. The molecule has 1 aromatic carbocycles. The number of nitrogens with zero attached hydrogens (tertiary/aromatic N) is 2. The van der Waals surface area contributed by atoms with Crippen LogP contribution < -0.4 is 5.32 Å². The van der Waals surface area contributed by atoms with Crippen molar-refractivity contribution in [2.75, 3.05) is 6.54 Å². The van der Waals surface area contributed by atoms with Gasteiger partial charge in [0.1, 0.15) is 0 Å². The Kier molecular flexibility index (Phi) is 5.34. The van der Waals surface area contributed by atoms with Gasteiger partial charge in [0.05, 0.1) is 12.1 Å². The summed E-state index contributed by atoms with van der Waals surface area (Å²) in [6, 6.07) is 10.1. The van der Waals surface area contributed by atoms with E-state index >= 15 is 0 Å². The van der Waals surface area contributed by atoms with Crippen LogP contribution >= 0.6 is 15.9 Å². The van der Waals surface area contributed by atoms with Crippen LogP contribution in [0.3, 0.4) is 0 Å². The van der Waals surface area contributed by atoms with E-state index in [4.69, 9.17) is 0 Å². The predicted molar refractivity (Wildman–Crippen MR) is 83.5 cm³/mol. The normalized spacial score (nSPS) is 15.8. The van der Waals surface area contributed by atoms with Gasteiger partial charge in [0.2, 0.25) is 0 Å². The maximum absolute atomic E-state index is 10.2. The number of aliphatic hydroxyl groups excluding tert-OH is 1. The van der Waals surface area contributed by atoms with Gasteiger partial charge in [0.25, 0.3) is 0 Å². The molecule has 2 N–H and O–H groups in total. The molecule has 0 saturated heterocycles. The largest absolute Gasteiger partial charge is 0.387 e. The summed E-state index contributed by atoms with van der Waals surface area (Å²) in [5.74, 6) is 0. The summed E-state index contributed by atoms with van der Waals surface area (Å²) in [6.45, 7) is 4.73. The third-order valence-electron chi connectivity index (χ3n) is 3.55. The second-order valence-corrected chi connectivity index (χ2v) is 5.91. The van der Waals surface area contributed by atoms with Crippen LogP contribution in [0.1, 0.15) is 31.6 Å². The zero-order chi connectivity index (χ0) is 14.5. The van der Waals surface area contributed by atoms with E-state index < -0.39 is 6.10 Å². The Labute approximate surface area is 127 Å². The molecule has 0 saturated carbocycles. The molecule has 4 nitrogen and oxygen atoms in total. The smallest absolute Gasteiger partial charge is 0.0914 e. The Hall–Kier alpha value is -1.17. The van der Waals surface area contributed by atoms with Crippen molar-refractivity contribution in [3.8, 4) is 0 Å². The van der Waals surface area contributed by atoms with Crippen LogP contribution in [0, 0.1) is 0 Å². The number of hydrogen-bond acceptors (Lipinski definition) is 3. The second kappa shape index (κ2) is 7.02. The highest BCUT2D eigenvalue weighted by Crippen LogP contribution is 2.17. The van der Waals surface area contributed by atoms with Gasteiger partial charge in [-0.3, -0.25) is 4.68 Å². The van der Waals surface area contributed by atoms with E-state index in [2.05, 4.69) is 40.2 Å². The van der Waals surface area contributed by atoms with E-state index in [9.17, 15) is 5.11 Å². The first-order chi connectivity index (χ1) is 9.58. The molecule has 3 atom stereocenters. The van der Waals surface area contributed by atoms with Crippen molar-refractivity contribution in [3.05, 3.63) is 52.8 Å². The molecule has 1 heterocycles. The SMILES string of the molecule is C[C@H](NC[C@@H](O)c1ccc(Br)cc1)[C@H](C)n1cccn1. The molecule has 0 unspecified atom stereocenters. The molecule has 0 bridgehead atoms. The number of nitrogens with one attached hydrogen (secondary N) is 1. The van der Waals surface area contributed by atoms with E-state index in [-0.39, 0.29) is 12.1 Å². The maximum atomic E-state index is 10.2. The Morgan fingerprint density at radius 2 is 2.00 bits per heavy atom. The van der Waals surface area contributed by atoms with Gasteiger partial charge in [-0.05, 0) is 37.6 Å². The standard InChI is InChI=1S/C15H20BrN3O/c1-11(12(2)19-9-3-8-18-19)17-10-15(20)13-4-6-14(16)7-5-13/h3-9,11-12,15,17,20H,10H2,1-2H3/t11-,12-,15+/m0/s1. The van der Waals surface area contributed by atoms with Crippen molar-refractivity contribution >= 4 is 15.9 Å². The molecule has 0 aliphatic heterocycles. The highest BCUT2D eigenvalue weighted by Gasteiger charge is 2.15. The van der Waals surface area contributed by atoms with Gasteiger partial charge < -0.3 is 10.4 Å².